The van der Waals surface area contributed by atoms with Crippen molar-refractivity contribution in [1.82, 2.24) is 10.2 Å². The highest BCUT2D eigenvalue weighted by Gasteiger charge is 2.26. The summed E-state index contributed by atoms with van der Waals surface area (Å²) >= 11 is 2.08. The van der Waals surface area contributed by atoms with Gasteiger partial charge in [-0.1, -0.05) is 6.92 Å². The molecule has 1 N–H and O–H groups in total. The number of nitrogens with one attached hydrogen (secondary N) is 1. The van der Waals surface area contributed by atoms with Crippen molar-refractivity contribution in [2.24, 2.45) is 0 Å². The highest BCUT2D eigenvalue weighted by atomic mass is 32.2. The summed E-state index contributed by atoms with van der Waals surface area (Å²) in [6, 6.07) is 0. The van der Waals surface area contributed by atoms with Crippen LogP contribution >= 0.6 is 11.8 Å². The highest BCUT2D eigenvalue weighted by Crippen LogP contribution is 2.21. The molecular weight excluding hydrogens is 232 g/mol. The molecule has 17 heavy (non-hydrogen) atoms. The van der Waals surface area contributed by atoms with Crippen LogP contribution in [0.5, 0.6) is 0 Å². The Balaban J connectivity index is 1.60. The highest BCUT2D eigenvalue weighted by molar-refractivity contribution is 7.99. The summed E-state index contributed by atoms with van der Waals surface area (Å²) in [4.78, 5) is 2.57. The second-order valence-electron chi connectivity index (χ2n) is 5.07. The van der Waals surface area contributed by atoms with E-state index >= 15 is 0 Å². The smallest absolute Gasteiger partial charge is 0.0707 e. The first-order chi connectivity index (χ1) is 8.38. The summed E-state index contributed by atoms with van der Waals surface area (Å²) in [7, 11) is 0. The van der Waals surface area contributed by atoms with Crippen LogP contribution in [-0.2, 0) is 4.74 Å². The summed E-state index contributed by atoms with van der Waals surface area (Å²) in [6.07, 6.45) is 4.66. The fraction of sp³-hybridized carbons (Fsp3) is 1.00. The summed E-state index contributed by atoms with van der Waals surface area (Å²) in [5, 5.41) is 3.46. The molecule has 2 unspecified atom stereocenters. The Hall–Kier alpha value is 0.230. The molecule has 0 amide bonds. The fourth-order valence-corrected chi connectivity index (χ4v) is 3.55. The van der Waals surface area contributed by atoms with Gasteiger partial charge in [0, 0.05) is 37.7 Å². The minimum absolute atomic E-state index is 0.464. The number of thioether (sulfide) groups is 1. The van der Waals surface area contributed by atoms with E-state index in [1.165, 1.54) is 43.9 Å². The second-order valence-corrected chi connectivity index (χ2v) is 6.30. The van der Waals surface area contributed by atoms with Crippen molar-refractivity contribution >= 4 is 11.8 Å². The predicted molar refractivity (Wildman–Crippen MR) is 74.8 cm³/mol. The molecule has 0 spiro atoms. The number of rotatable bonds is 6. The maximum absolute atomic E-state index is 6.10. The topological polar surface area (TPSA) is 24.5 Å². The van der Waals surface area contributed by atoms with Crippen LogP contribution in [-0.4, -0.2) is 61.3 Å². The molecule has 2 fully saturated rings. The van der Waals surface area contributed by atoms with Crippen molar-refractivity contribution < 1.29 is 4.74 Å². The zero-order chi connectivity index (χ0) is 11.9. The van der Waals surface area contributed by atoms with Gasteiger partial charge in [-0.15, -0.1) is 0 Å². The van der Waals surface area contributed by atoms with Gasteiger partial charge >= 0.3 is 0 Å². The van der Waals surface area contributed by atoms with E-state index in [1.807, 2.05) is 0 Å². The number of nitrogens with zero attached hydrogens (tertiary/aromatic N) is 1. The third-order valence-corrected chi connectivity index (χ3v) is 4.50. The van der Waals surface area contributed by atoms with Crippen LogP contribution in [0.15, 0.2) is 0 Å². The Kier molecular flexibility index (Phi) is 6.12. The van der Waals surface area contributed by atoms with E-state index in [9.17, 15) is 0 Å². The summed E-state index contributed by atoms with van der Waals surface area (Å²) in [5.74, 6) is 2.60. The van der Waals surface area contributed by atoms with E-state index in [2.05, 4.69) is 28.9 Å². The van der Waals surface area contributed by atoms with Gasteiger partial charge in [0.1, 0.15) is 0 Å². The molecule has 0 saturated carbocycles. The van der Waals surface area contributed by atoms with Crippen LogP contribution in [0.3, 0.4) is 0 Å². The van der Waals surface area contributed by atoms with E-state index in [0.717, 1.165) is 19.6 Å². The van der Waals surface area contributed by atoms with E-state index in [-0.39, 0.29) is 0 Å². The Morgan fingerprint density at radius 1 is 1.24 bits per heavy atom. The quantitative estimate of drug-likeness (QED) is 0.731. The summed E-state index contributed by atoms with van der Waals surface area (Å²) in [6.45, 7) is 8.03. The maximum atomic E-state index is 6.10. The first-order valence-corrected chi connectivity index (χ1v) is 8.20. The average Bonchev–Trinajstić information content (AvgIpc) is 2.79. The van der Waals surface area contributed by atoms with Gasteiger partial charge in [-0.05, 0) is 25.8 Å². The normalized spacial score (nSPS) is 30.9. The lowest BCUT2D eigenvalue weighted by molar-refractivity contribution is 0.0252. The van der Waals surface area contributed by atoms with Gasteiger partial charge < -0.3 is 10.1 Å². The largest absolute Gasteiger partial charge is 0.372 e. The maximum Gasteiger partial charge on any atom is 0.0707 e. The van der Waals surface area contributed by atoms with Crippen molar-refractivity contribution in [3.63, 3.8) is 0 Å². The molecule has 4 heteroatoms. The zero-order valence-electron chi connectivity index (χ0n) is 11.0. The molecule has 2 heterocycles. The lowest BCUT2D eigenvalue weighted by Crippen LogP contribution is -2.39. The van der Waals surface area contributed by atoms with Crippen molar-refractivity contribution in [1.29, 1.82) is 0 Å². The monoisotopic (exact) mass is 258 g/mol. The van der Waals surface area contributed by atoms with Gasteiger partial charge in [-0.3, -0.25) is 4.90 Å². The molecule has 2 atom stereocenters. The average molecular weight is 258 g/mol. The van der Waals surface area contributed by atoms with Gasteiger partial charge in [0.15, 0.2) is 0 Å². The van der Waals surface area contributed by atoms with Crippen molar-refractivity contribution in [2.75, 3.05) is 44.2 Å². The van der Waals surface area contributed by atoms with E-state index in [4.69, 9.17) is 4.74 Å². The van der Waals surface area contributed by atoms with Gasteiger partial charge in [-0.25, -0.2) is 0 Å². The molecule has 0 aromatic carbocycles. The molecule has 2 rings (SSSR count). The number of hydrogen-bond donors (Lipinski definition) is 1. The minimum Gasteiger partial charge on any atom is -0.372 e. The van der Waals surface area contributed by atoms with Crippen molar-refractivity contribution in [2.45, 2.75) is 38.4 Å². The SMILES string of the molecule is CCCNCC1CCC(CN2CCSCC2)O1. The van der Waals surface area contributed by atoms with E-state index in [1.54, 1.807) is 0 Å². The molecule has 2 aliphatic rings. The lowest BCUT2D eigenvalue weighted by Gasteiger charge is -2.28. The molecule has 0 aromatic rings. The van der Waals surface area contributed by atoms with Crippen LogP contribution < -0.4 is 5.32 Å². The zero-order valence-corrected chi connectivity index (χ0v) is 11.8. The van der Waals surface area contributed by atoms with Crippen LogP contribution in [0.25, 0.3) is 0 Å². The van der Waals surface area contributed by atoms with E-state index in [0.29, 0.717) is 12.2 Å². The predicted octanol–water partition coefficient (Wildman–Crippen LogP) is 1.58. The lowest BCUT2D eigenvalue weighted by atomic mass is 10.2. The first kappa shape index (κ1) is 13.7. The number of ether oxygens (including phenoxy) is 1. The number of hydrogen-bond acceptors (Lipinski definition) is 4. The first-order valence-electron chi connectivity index (χ1n) is 7.04. The molecule has 100 valence electrons. The van der Waals surface area contributed by atoms with Crippen LogP contribution in [0.2, 0.25) is 0 Å². The molecule has 3 nitrogen and oxygen atoms in total. The molecule has 0 aliphatic carbocycles. The van der Waals surface area contributed by atoms with Crippen molar-refractivity contribution in [3.05, 3.63) is 0 Å². The van der Waals surface area contributed by atoms with Crippen molar-refractivity contribution in [3.8, 4) is 0 Å². The Morgan fingerprint density at radius 2 is 2.00 bits per heavy atom. The van der Waals surface area contributed by atoms with Gasteiger partial charge in [-0.2, -0.15) is 11.8 Å². The van der Waals surface area contributed by atoms with Crippen LogP contribution in [0.1, 0.15) is 26.2 Å². The molecule has 0 aromatic heterocycles. The Labute approximate surface area is 110 Å². The summed E-state index contributed by atoms with van der Waals surface area (Å²) < 4.78 is 6.10. The standard InChI is InChI=1S/C13H26N2OS/c1-2-5-14-10-12-3-4-13(16-12)11-15-6-8-17-9-7-15/h12-14H,2-11H2,1H3. The molecular formula is C13H26N2OS. The van der Waals surface area contributed by atoms with Gasteiger partial charge in [0.05, 0.1) is 12.2 Å². The van der Waals surface area contributed by atoms with Gasteiger partial charge in [0.2, 0.25) is 0 Å². The molecule has 2 aliphatic heterocycles. The third-order valence-electron chi connectivity index (χ3n) is 3.56. The fourth-order valence-electron chi connectivity index (χ4n) is 2.58. The Morgan fingerprint density at radius 3 is 2.76 bits per heavy atom. The Bertz CT molecular complexity index is 210. The molecule has 2 saturated heterocycles. The van der Waals surface area contributed by atoms with Gasteiger partial charge in [0.25, 0.3) is 0 Å². The summed E-state index contributed by atoms with van der Waals surface area (Å²) in [5.41, 5.74) is 0. The second kappa shape index (κ2) is 7.62. The van der Waals surface area contributed by atoms with Crippen LogP contribution in [0, 0.1) is 0 Å². The third kappa shape index (κ3) is 4.78. The van der Waals surface area contributed by atoms with E-state index < -0.39 is 0 Å². The molecule has 0 radical (unpaired) electrons. The van der Waals surface area contributed by atoms with Crippen LogP contribution in [0.4, 0.5) is 0 Å². The molecule has 0 bridgehead atoms. The minimum atomic E-state index is 0.464.